The summed E-state index contributed by atoms with van der Waals surface area (Å²) >= 11 is 0. The first-order valence-corrected chi connectivity index (χ1v) is 5.86. The molecule has 2 rings (SSSR count). The molecular formula is C11H22N2O. The number of aliphatic hydroxyl groups is 1. The maximum Gasteiger partial charge on any atom is 0.0662 e. The molecule has 0 aliphatic carbocycles. The Bertz CT molecular complexity index is 196. The predicted octanol–water partition coefficient (Wildman–Crippen LogP) is 0.582. The van der Waals surface area contributed by atoms with Gasteiger partial charge in [-0.15, -0.1) is 0 Å². The van der Waals surface area contributed by atoms with Gasteiger partial charge in [-0.05, 0) is 39.7 Å². The zero-order valence-corrected chi connectivity index (χ0v) is 9.24. The molecule has 2 saturated heterocycles. The van der Waals surface area contributed by atoms with Crippen LogP contribution in [0, 0.1) is 0 Å². The third-order valence-electron chi connectivity index (χ3n) is 3.81. The van der Waals surface area contributed by atoms with Gasteiger partial charge in [-0.1, -0.05) is 0 Å². The third kappa shape index (κ3) is 1.95. The monoisotopic (exact) mass is 198 g/mol. The summed E-state index contributed by atoms with van der Waals surface area (Å²) in [5.74, 6) is 0. The zero-order chi connectivity index (χ0) is 10.1. The molecule has 0 aromatic heterocycles. The van der Waals surface area contributed by atoms with Crippen molar-refractivity contribution in [3.63, 3.8) is 0 Å². The van der Waals surface area contributed by atoms with Gasteiger partial charge in [0.15, 0.2) is 0 Å². The highest BCUT2D eigenvalue weighted by molar-refractivity contribution is 4.96. The van der Waals surface area contributed by atoms with Gasteiger partial charge in [-0.25, -0.2) is 0 Å². The SMILES string of the molecule is CC(O)C(C)NC1CCN2CCCC12. The maximum atomic E-state index is 9.45. The number of fused-ring (bicyclic) bond motifs is 1. The molecule has 2 aliphatic rings. The van der Waals surface area contributed by atoms with Crippen LogP contribution < -0.4 is 5.32 Å². The van der Waals surface area contributed by atoms with E-state index in [2.05, 4.69) is 17.1 Å². The number of aliphatic hydroxyl groups excluding tert-OH is 1. The van der Waals surface area contributed by atoms with Crippen LogP contribution in [-0.4, -0.2) is 47.3 Å². The van der Waals surface area contributed by atoms with Crippen LogP contribution in [0.3, 0.4) is 0 Å². The fraction of sp³-hybridized carbons (Fsp3) is 1.00. The Kier molecular flexibility index (Phi) is 3.10. The van der Waals surface area contributed by atoms with Crippen LogP contribution in [0.2, 0.25) is 0 Å². The lowest BCUT2D eigenvalue weighted by Crippen LogP contribution is -2.47. The van der Waals surface area contributed by atoms with Gasteiger partial charge in [-0.3, -0.25) is 4.90 Å². The van der Waals surface area contributed by atoms with Crippen molar-refractivity contribution < 1.29 is 5.11 Å². The summed E-state index contributed by atoms with van der Waals surface area (Å²) in [5.41, 5.74) is 0. The molecule has 0 aromatic rings. The van der Waals surface area contributed by atoms with Crippen LogP contribution in [0.5, 0.6) is 0 Å². The summed E-state index contributed by atoms with van der Waals surface area (Å²) in [7, 11) is 0. The second-order valence-electron chi connectivity index (χ2n) is 4.84. The van der Waals surface area contributed by atoms with Gasteiger partial charge in [0.2, 0.25) is 0 Å². The van der Waals surface area contributed by atoms with Gasteiger partial charge in [0.05, 0.1) is 6.10 Å². The fourth-order valence-corrected chi connectivity index (χ4v) is 2.75. The quantitative estimate of drug-likeness (QED) is 0.696. The Hall–Kier alpha value is -0.120. The molecule has 14 heavy (non-hydrogen) atoms. The highest BCUT2D eigenvalue weighted by Crippen LogP contribution is 2.28. The highest BCUT2D eigenvalue weighted by Gasteiger charge is 2.37. The summed E-state index contributed by atoms with van der Waals surface area (Å²) in [6.07, 6.45) is 3.70. The lowest BCUT2D eigenvalue weighted by atomic mass is 10.0. The predicted molar refractivity (Wildman–Crippen MR) is 57.3 cm³/mol. The molecule has 0 spiro atoms. The Morgan fingerprint density at radius 1 is 1.29 bits per heavy atom. The van der Waals surface area contributed by atoms with E-state index in [0.717, 1.165) is 6.04 Å². The Labute approximate surface area is 86.5 Å². The number of rotatable bonds is 3. The van der Waals surface area contributed by atoms with Gasteiger partial charge < -0.3 is 10.4 Å². The van der Waals surface area contributed by atoms with E-state index in [0.29, 0.717) is 6.04 Å². The molecular weight excluding hydrogens is 176 g/mol. The van der Waals surface area contributed by atoms with Crippen LogP contribution in [0.1, 0.15) is 33.1 Å². The molecule has 4 atom stereocenters. The van der Waals surface area contributed by atoms with Crippen molar-refractivity contribution >= 4 is 0 Å². The zero-order valence-electron chi connectivity index (χ0n) is 9.24. The summed E-state index contributed by atoms with van der Waals surface area (Å²) in [6, 6.07) is 1.58. The van der Waals surface area contributed by atoms with Crippen molar-refractivity contribution in [1.29, 1.82) is 0 Å². The second-order valence-corrected chi connectivity index (χ2v) is 4.84. The molecule has 0 bridgehead atoms. The van der Waals surface area contributed by atoms with Crippen LogP contribution in [-0.2, 0) is 0 Å². The van der Waals surface area contributed by atoms with E-state index in [1.807, 2.05) is 6.92 Å². The van der Waals surface area contributed by atoms with Gasteiger partial charge in [0.25, 0.3) is 0 Å². The normalized spacial score (nSPS) is 37.1. The third-order valence-corrected chi connectivity index (χ3v) is 3.81. The van der Waals surface area contributed by atoms with Crippen LogP contribution in [0.15, 0.2) is 0 Å². The topological polar surface area (TPSA) is 35.5 Å². The average Bonchev–Trinajstić information content (AvgIpc) is 2.69. The number of hydrogen-bond acceptors (Lipinski definition) is 3. The first kappa shape index (κ1) is 10.4. The molecule has 0 amide bonds. The molecule has 2 heterocycles. The lowest BCUT2D eigenvalue weighted by molar-refractivity contribution is 0.141. The average molecular weight is 198 g/mol. The lowest BCUT2D eigenvalue weighted by Gasteiger charge is -2.26. The van der Waals surface area contributed by atoms with Crippen LogP contribution >= 0.6 is 0 Å². The first-order valence-electron chi connectivity index (χ1n) is 5.86. The van der Waals surface area contributed by atoms with Crippen molar-refractivity contribution in [2.24, 2.45) is 0 Å². The van der Waals surface area contributed by atoms with Gasteiger partial charge in [0.1, 0.15) is 0 Å². The molecule has 0 aromatic carbocycles. The van der Waals surface area contributed by atoms with Crippen molar-refractivity contribution in [3.8, 4) is 0 Å². The standard InChI is InChI=1S/C11H22N2O/c1-8(9(2)14)12-10-5-7-13-6-3-4-11(10)13/h8-12,14H,3-7H2,1-2H3. The Balaban J connectivity index is 1.86. The molecule has 2 aliphatic heterocycles. The van der Waals surface area contributed by atoms with E-state index in [4.69, 9.17) is 0 Å². The Morgan fingerprint density at radius 3 is 2.79 bits per heavy atom. The molecule has 82 valence electrons. The summed E-state index contributed by atoms with van der Waals surface area (Å²) in [5, 5.41) is 13.0. The minimum absolute atomic E-state index is 0.223. The molecule has 0 radical (unpaired) electrons. The highest BCUT2D eigenvalue weighted by atomic mass is 16.3. The van der Waals surface area contributed by atoms with Crippen molar-refractivity contribution in [3.05, 3.63) is 0 Å². The molecule has 0 saturated carbocycles. The van der Waals surface area contributed by atoms with Gasteiger partial charge >= 0.3 is 0 Å². The van der Waals surface area contributed by atoms with E-state index in [1.165, 1.54) is 32.4 Å². The summed E-state index contributed by atoms with van der Waals surface area (Å²) < 4.78 is 0. The smallest absolute Gasteiger partial charge is 0.0662 e. The first-order chi connectivity index (χ1) is 6.68. The van der Waals surface area contributed by atoms with Crippen molar-refractivity contribution in [1.82, 2.24) is 10.2 Å². The van der Waals surface area contributed by atoms with E-state index >= 15 is 0 Å². The van der Waals surface area contributed by atoms with Gasteiger partial charge in [-0.2, -0.15) is 0 Å². The molecule has 3 heteroatoms. The fourth-order valence-electron chi connectivity index (χ4n) is 2.75. The molecule has 2 fully saturated rings. The number of nitrogens with one attached hydrogen (secondary N) is 1. The van der Waals surface area contributed by atoms with Crippen molar-refractivity contribution in [2.75, 3.05) is 13.1 Å². The molecule has 2 N–H and O–H groups in total. The molecule has 4 unspecified atom stereocenters. The van der Waals surface area contributed by atoms with E-state index < -0.39 is 0 Å². The number of hydrogen-bond donors (Lipinski definition) is 2. The summed E-state index contributed by atoms with van der Waals surface area (Å²) in [6.45, 7) is 6.46. The van der Waals surface area contributed by atoms with E-state index in [9.17, 15) is 5.11 Å². The summed E-state index contributed by atoms with van der Waals surface area (Å²) in [4.78, 5) is 2.59. The Morgan fingerprint density at radius 2 is 2.07 bits per heavy atom. The minimum atomic E-state index is -0.245. The molecule has 3 nitrogen and oxygen atoms in total. The second kappa shape index (κ2) is 4.17. The van der Waals surface area contributed by atoms with Crippen LogP contribution in [0.25, 0.3) is 0 Å². The van der Waals surface area contributed by atoms with Crippen molar-refractivity contribution in [2.45, 2.75) is 57.3 Å². The minimum Gasteiger partial charge on any atom is -0.392 e. The van der Waals surface area contributed by atoms with E-state index in [-0.39, 0.29) is 12.1 Å². The largest absolute Gasteiger partial charge is 0.392 e. The maximum absolute atomic E-state index is 9.45. The van der Waals surface area contributed by atoms with E-state index in [1.54, 1.807) is 0 Å². The van der Waals surface area contributed by atoms with Crippen LogP contribution in [0.4, 0.5) is 0 Å². The van der Waals surface area contributed by atoms with Gasteiger partial charge in [0, 0.05) is 24.7 Å². The number of nitrogens with zero attached hydrogens (tertiary/aromatic N) is 1.